The molecule has 2 aliphatic heterocycles. The second-order valence-electron chi connectivity index (χ2n) is 17.0. The van der Waals surface area contributed by atoms with Gasteiger partial charge in [-0.3, -0.25) is 19.1 Å². The number of sulfonamides is 1. The molecule has 0 spiro atoms. The number of nitrogens with one attached hydrogen (secondary N) is 3. The zero-order valence-electron chi connectivity index (χ0n) is 35.0. The topological polar surface area (TPSA) is 201 Å². The molecule has 3 heterocycles. The molecule has 2 saturated carbocycles. The van der Waals surface area contributed by atoms with Crippen molar-refractivity contribution in [1.82, 2.24) is 25.2 Å². The molecule has 2 aromatic rings. The van der Waals surface area contributed by atoms with E-state index in [1.54, 1.807) is 31.2 Å². The minimum Gasteiger partial charge on any atom is -0.497 e. The highest BCUT2D eigenvalue weighted by Gasteiger charge is 2.62. The summed E-state index contributed by atoms with van der Waals surface area (Å²) in [4.78, 5) is 62.1. The fourth-order valence-corrected chi connectivity index (χ4v) is 9.21. The number of carbonyl (C=O) groups is 4. The van der Waals surface area contributed by atoms with Crippen LogP contribution in [0.5, 0.6) is 17.4 Å². The van der Waals surface area contributed by atoms with E-state index in [1.165, 1.54) is 25.3 Å². The first-order valence-electron chi connectivity index (χ1n) is 20.4. The van der Waals surface area contributed by atoms with Gasteiger partial charge in [0.15, 0.2) is 0 Å². The van der Waals surface area contributed by atoms with Crippen LogP contribution in [0.4, 0.5) is 18.0 Å². The molecular weight excluding hydrogens is 828 g/mol. The molecule has 1 aromatic carbocycles. The van der Waals surface area contributed by atoms with Crippen molar-refractivity contribution in [1.29, 1.82) is 0 Å². The fourth-order valence-electron chi connectivity index (χ4n) is 7.84. The monoisotopic (exact) mass is 881 g/mol. The van der Waals surface area contributed by atoms with Gasteiger partial charge in [-0.05, 0) is 82.4 Å². The largest absolute Gasteiger partial charge is 0.497 e. The number of benzene rings is 1. The Morgan fingerprint density at radius 1 is 1.05 bits per heavy atom. The highest BCUT2D eigenvalue weighted by molar-refractivity contribution is 7.91. The molecule has 6 rings (SSSR count). The van der Waals surface area contributed by atoms with Crippen LogP contribution >= 0.6 is 0 Å². The van der Waals surface area contributed by atoms with Crippen LogP contribution in [-0.2, 0) is 33.9 Å². The summed E-state index contributed by atoms with van der Waals surface area (Å²) >= 11 is 0. The number of carbonyl (C=O) groups excluding carboxylic acids is 4. The van der Waals surface area contributed by atoms with Gasteiger partial charge in [0, 0.05) is 30.2 Å². The molecule has 2 aliphatic carbocycles. The van der Waals surface area contributed by atoms with Gasteiger partial charge in [0.05, 0.1) is 31.7 Å². The molecule has 7 atom stereocenters. The molecule has 1 aromatic heterocycles. The summed E-state index contributed by atoms with van der Waals surface area (Å²) in [5, 5.41) is 5.54. The van der Waals surface area contributed by atoms with Crippen molar-refractivity contribution < 1.29 is 64.5 Å². The van der Waals surface area contributed by atoms with Crippen molar-refractivity contribution in [3.63, 3.8) is 0 Å². The highest BCUT2D eigenvalue weighted by Crippen LogP contribution is 2.46. The van der Waals surface area contributed by atoms with Gasteiger partial charge in [0.25, 0.3) is 5.91 Å². The Labute approximate surface area is 352 Å². The van der Waals surface area contributed by atoms with Crippen LogP contribution in [0.1, 0.15) is 72.6 Å². The van der Waals surface area contributed by atoms with E-state index < -0.39 is 86.4 Å². The van der Waals surface area contributed by atoms with Crippen LogP contribution in [0.3, 0.4) is 0 Å². The summed E-state index contributed by atoms with van der Waals surface area (Å²) in [6, 6.07) is 2.32. The van der Waals surface area contributed by atoms with Crippen molar-refractivity contribution >= 4 is 44.6 Å². The van der Waals surface area contributed by atoms with Crippen LogP contribution in [-0.4, -0.2) is 117 Å². The van der Waals surface area contributed by atoms with Gasteiger partial charge in [0.1, 0.15) is 41.8 Å². The van der Waals surface area contributed by atoms with E-state index in [0.717, 1.165) is 0 Å². The number of pyridine rings is 1. The van der Waals surface area contributed by atoms with Gasteiger partial charge in [-0.1, -0.05) is 26.0 Å². The average molecular weight is 882 g/mol. The summed E-state index contributed by atoms with van der Waals surface area (Å²) in [6.07, 6.45) is -0.00142. The number of aromatic nitrogens is 1. The number of alkyl halides is 3. The van der Waals surface area contributed by atoms with E-state index >= 15 is 0 Å². The molecule has 1 saturated heterocycles. The van der Waals surface area contributed by atoms with Gasteiger partial charge >= 0.3 is 12.3 Å². The summed E-state index contributed by atoms with van der Waals surface area (Å²) in [5.41, 5.74) is -4.55. The number of amides is 4. The molecule has 3 fully saturated rings. The molecule has 3 N–H and O–H groups in total. The van der Waals surface area contributed by atoms with Crippen LogP contribution in [0.15, 0.2) is 36.5 Å². The Morgan fingerprint density at radius 3 is 2.46 bits per heavy atom. The Morgan fingerprint density at radius 2 is 1.79 bits per heavy atom. The number of nitrogens with zero attached hydrogens (tertiary/aromatic N) is 2. The maximum absolute atomic E-state index is 14.8. The zero-order chi connectivity index (χ0) is 44.5. The van der Waals surface area contributed by atoms with Gasteiger partial charge in [0.2, 0.25) is 33.3 Å². The van der Waals surface area contributed by atoms with Crippen LogP contribution in [0.2, 0.25) is 0 Å². The van der Waals surface area contributed by atoms with Crippen molar-refractivity contribution in [2.24, 2.45) is 17.8 Å². The van der Waals surface area contributed by atoms with Crippen molar-refractivity contribution in [3.8, 4) is 17.4 Å². The molecule has 16 nitrogen and oxygen atoms in total. The normalized spacial score (nSPS) is 28.0. The summed E-state index contributed by atoms with van der Waals surface area (Å²) in [5.74, 6) is -2.71. The fraction of sp³-hybridized carbons (Fsp3) is 0.634. The number of allylic oxidation sites excluding steroid dienone is 1. The number of ether oxygens (including phenoxy) is 5. The first-order chi connectivity index (χ1) is 28.7. The molecule has 20 heteroatoms. The minimum absolute atomic E-state index is 0.0508. The molecule has 336 valence electrons. The Kier molecular flexibility index (Phi) is 13.4. The number of halogens is 3. The lowest BCUT2D eigenvalue weighted by Gasteiger charge is -2.34. The molecule has 61 heavy (non-hydrogen) atoms. The number of hydrogen-bond donors (Lipinski definition) is 3. The number of rotatable bonds is 12. The molecular formula is C41H54F3N5O11S. The maximum atomic E-state index is 14.8. The van der Waals surface area contributed by atoms with E-state index in [9.17, 15) is 40.8 Å². The standard InChI is InChI=1S/C41H54F3N5O11S/c1-23-9-7-8-10-25-20-40(25,37(52)48-61(54,55)28-12-13-28)47-34(50)31-19-27(59-35-29-14-11-26(57-6)18-30(29)32(21-45-35)58-16-15-56-5)22-49(31)36(51)33(24(2)17-23)46-38(53)60-39(3,4)41(42,43)44/h8,10-11,14,18,21,23-25,27-28,31,33H,7,9,12-13,15-17,19-20,22H2,1-6H3,(H,46,53)(H,47,50)(H,48,52)/b10-8-/t23-,24-,25-,27-,31+,33+,40-/m1/s1. The molecule has 4 amide bonds. The lowest BCUT2D eigenvalue weighted by molar-refractivity contribution is -0.244. The van der Waals surface area contributed by atoms with Gasteiger partial charge in [-0.2, -0.15) is 13.2 Å². The second-order valence-corrected chi connectivity index (χ2v) is 18.9. The molecule has 0 bridgehead atoms. The molecule has 0 radical (unpaired) electrons. The van der Waals surface area contributed by atoms with Crippen LogP contribution in [0.25, 0.3) is 10.8 Å². The van der Waals surface area contributed by atoms with Crippen molar-refractivity contribution in [2.45, 2.75) is 113 Å². The first-order valence-corrected chi connectivity index (χ1v) is 21.9. The Bertz CT molecular complexity index is 2130. The van der Waals surface area contributed by atoms with Crippen LogP contribution in [0, 0.1) is 17.8 Å². The second kappa shape index (κ2) is 17.9. The number of hydrogen-bond acceptors (Lipinski definition) is 12. The number of fused-ring (bicyclic) bond motifs is 3. The van der Waals surface area contributed by atoms with Crippen LogP contribution < -0.4 is 29.6 Å². The lowest BCUT2D eigenvalue weighted by Crippen LogP contribution is -2.59. The van der Waals surface area contributed by atoms with Crippen molar-refractivity contribution in [3.05, 3.63) is 36.5 Å². The van der Waals surface area contributed by atoms with E-state index in [2.05, 4.69) is 20.3 Å². The summed E-state index contributed by atoms with van der Waals surface area (Å²) < 4.78 is 97.0. The predicted molar refractivity (Wildman–Crippen MR) is 214 cm³/mol. The highest BCUT2D eigenvalue weighted by atomic mass is 32.2. The smallest absolute Gasteiger partial charge is 0.427 e. The molecule has 0 unspecified atom stereocenters. The van der Waals surface area contributed by atoms with E-state index in [4.69, 9.17) is 23.7 Å². The minimum atomic E-state index is -4.93. The lowest BCUT2D eigenvalue weighted by atomic mass is 9.88. The predicted octanol–water partition coefficient (Wildman–Crippen LogP) is 4.55. The molecule has 4 aliphatic rings. The quantitative estimate of drug-likeness (QED) is 0.199. The van der Waals surface area contributed by atoms with E-state index in [0.29, 0.717) is 74.8 Å². The van der Waals surface area contributed by atoms with E-state index in [-0.39, 0.29) is 37.8 Å². The first kappa shape index (κ1) is 45.7. The van der Waals surface area contributed by atoms with Gasteiger partial charge in [-0.25, -0.2) is 18.2 Å². The van der Waals surface area contributed by atoms with Crippen molar-refractivity contribution in [2.75, 3.05) is 34.0 Å². The summed E-state index contributed by atoms with van der Waals surface area (Å²) in [7, 11) is -0.956. The average Bonchev–Trinajstić information content (AvgIpc) is 4.12. The third-order valence-corrected chi connectivity index (χ3v) is 13.6. The van der Waals surface area contributed by atoms with E-state index in [1.807, 2.05) is 13.0 Å². The summed E-state index contributed by atoms with van der Waals surface area (Å²) in [6.45, 7) is 5.26. The Hall–Kier alpha value is -4.85. The number of alkyl carbamates (subject to hydrolysis) is 1. The third-order valence-electron chi connectivity index (χ3n) is 11.8. The van der Waals surface area contributed by atoms with Gasteiger partial charge < -0.3 is 39.2 Å². The van der Waals surface area contributed by atoms with Gasteiger partial charge in [-0.15, -0.1) is 0 Å². The maximum Gasteiger partial charge on any atom is 0.427 e. The Balaban J connectivity index is 1.36. The third kappa shape index (κ3) is 10.3. The zero-order valence-corrected chi connectivity index (χ0v) is 35.8. The SMILES string of the molecule is COCCOc1cnc(O[C@@H]2C[C@H]3C(=O)N[C@]4(C(=O)NS(=O)(=O)C5CC5)C[C@H]4/C=C\CC[C@@H](C)C[C@@H](C)[C@H](NC(=O)OC(C)(C)C(F)(F)F)C(=O)N3C2)c2ccc(OC)cc12. The number of methoxy groups -OCH3 is 2.